The fraction of sp³-hybridized carbons (Fsp3) is 0.286. The number of para-hydroxylation sites is 3. The van der Waals surface area contributed by atoms with Gasteiger partial charge < -0.3 is 19.7 Å². The van der Waals surface area contributed by atoms with Crippen molar-refractivity contribution in [3.63, 3.8) is 0 Å². The van der Waals surface area contributed by atoms with E-state index in [1.54, 1.807) is 0 Å². The first-order valence-corrected chi connectivity index (χ1v) is 9.01. The molecule has 5 nitrogen and oxygen atoms in total. The van der Waals surface area contributed by atoms with E-state index in [9.17, 15) is 4.79 Å². The van der Waals surface area contributed by atoms with E-state index >= 15 is 0 Å². The van der Waals surface area contributed by atoms with Crippen LogP contribution in [0, 0.1) is 0 Å². The summed E-state index contributed by atoms with van der Waals surface area (Å²) in [6, 6.07) is 16.1. The van der Waals surface area contributed by atoms with Crippen LogP contribution in [0.4, 0.5) is 11.4 Å². The van der Waals surface area contributed by atoms with Gasteiger partial charge in [-0.2, -0.15) is 0 Å². The summed E-state index contributed by atoms with van der Waals surface area (Å²) in [6.07, 6.45) is 1.90. The van der Waals surface area contributed by atoms with E-state index in [-0.39, 0.29) is 5.91 Å². The van der Waals surface area contributed by atoms with Crippen molar-refractivity contribution in [2.45, 2.75) is 0 Å². The average Bonchev–Trinajstić information content (AvgIpc) is 3.00. The molecule has 2 aromatic carbocycles. The van der Waals surface area contributed by atoms with Crippen molar-refractivity contribution in [2.24, 2.45) is 7.05 Å². The van der Waals surface area contributed by atoms with E-state index in [0.717, 1.165) is 48.5 Å². The summed E-state index contributed by atoms with van der Waals surface area (Å²) in [5, 5.41) is 4.11. The van der Waals surface area contributed by atoms with E-state index in [2.05, 4.69) is 28.2 Å². The Bertz CT molecular complexity index is 938. The number of nitrogens with zero attached hydrogens (tertiary/aromatic N) is 3. The van der Waals surface area contributed by atoms with Gasteiger partial charge in [-0.15, -0.1) is 0 Å². The number of amides is 1. The number of carbonyl (C=O) groups excluding carboxylic acids is 1. The highest BCUT2D eigenvalue weighted by atomic mass is 16.1. The number of piperazine rings is 1. The second kappa shape index (κ2) is 6.84. The molecule has 0 radical (unpaired) electrons. The summed E-state index contributed by atoms with van der Waals surface area (Å²) >= 11 is 0. The Balaban J connectivity index is 1.62. The molecule has 0 spiro atoms. The Morgan fingerprint density at radius 1 is 0.923 bits per heavy atom. The first-order chi connectivity index (χ1) is 12.6. The third kappa shape index (κ3) is 3.06. The van der Waals surface area contributed by atoms with Gasteiger partial charge in [-0.3, -0.25) is 4.79 Å². The van der Waals surface area contributed by atoms with Gasteiger partial charge in [0.1, 0.15) is 0 Å². The zero-order valence-electron chi connectivity index (χ0n) is 15.3. The van der Waals surface area contributed by atoms with Gasteiger partial charge in [0.15, 0.2) is 0 Å². The Morgan fingerprint density at radius 2 is 1.62 bits per heavy atom. The summed E-state index contributed by atoms with van der Waals surface area (Å²) in [5.41, 5.74) is 3.73. The molecule has 0 unspecified atom stereocenters. The maximum Gasteiger partial charge on any atom is 0.257 e. The molecule has 26 heavy (non-hydrogen) atoms. The van der Waals surface area contributed by atoms with Crippen LogP contribution in [0.2, 0.25) is 0 Å². The summed E-state index contributed by atoms with van der Waals surface area (Å²) in [7, 11) is 4.11. The van der Waals surface area contributed by atoms with Crippen LogP contribution in [-0.2, 0) is 7.05 Å². The van der Waals surface area contributed by atoms with Gasteiger partial charge >= 0.3 is 0 Å². The highest BCUT2D eigenvalue weighted by Crippen LogP contribution is 2.28. The largest absolute Gasteiger partial charge is 0.367 e. The molecule has 3 aromatic rings. The van der Waals surface area contributed by atoms with Gasteiger partial charge in [-0.05, 0) is 25.2 Å². The summed E-state index contributed by atoms with van der Waals surface area (Å²) in [5.74, 6) is -0.0663. The molecule has 5 heteroatoms. The van der Waals surface area contributed by atoms with Gasteiger partial charge in [-0.1, -0.05) is 30.3 Å². The molecule has 0 atom stereocenters. The Kier molecular flexibility index (Phi) is 4.39. The van der Waals surface area contributed by atoms with Crippen LogP contribution in [0.1, 0.15) is 10.4 Å². The van der Waals surface area contributed by atoms with Gasteiger partial charge in [0.2, 0.25) is 0 Å². The fourth-order valence-electron chi connectivity index (χ4n) is 3.61. The number of hydrogen-bond acceptors (Lipinski definition) is 3. The molecule has 4 rings (SSSR count). The van der Waals surface area contributed by atoms with E-state index in [1.165, 1.54) is 0 Å². The molecule has 134 valence electrons. The Morgan fingerprint density at radius 3 is 2.42 bits per heavy atom. The van der Waals surface area contributed by atoms with Gasteiger partial charge in [0, 0.05) is 50.3 Å². The summed E-state index contributed by atoms with van der Waals surface area (Å²) in [4.78, 5) is 17.7. The minimum Gasteiger partial charge on any atom is -0.367 e. The number of rotatable bonds is 3. The molecule has 2 heterocycles. The molecule has 1 aliphatic heterocycles. The number of benzene rings is 2. The number of likely N-dealkylation sites (N-methyl/N-ethyl adjacent to an activating group) is 1. The zero-order valence-corrected chi connectivity index (χ0v) is 15.3. The van der Waals surface area contributed by atoms with Crippen LogP contribution >= 0.6 is 0 Å². The van der Waals surface area contributed by atoms with E-state index in [1.807, 2.05) is 60.3 Å². The molecule has 0 saturated carbocycles. The van der Waals surface area contributed by atoms with Crippen LogP contribution < -0.4 is 10.2 Å². The van der Waals surface area contributed by atoms with Crippen LogP contribution in [0.25, 0.3) is 10.9 Å². The topological polar surface area (TPSA) is 40.5 Å². The molecular formula is C21H24N4O. The maximum atomic E-state index is 13.0. The lowest BCUT2D eigenvalue weighted by atomic mass is 10.1. The molecule has 0 bridgehead atoms. The summed E-state index contributed by atoms with van der Waals surface area (Å²) < 4.78 is 2.00. The predicted molar refractivity (Wildman–Crippen MR) is 107 cm³/mol. The molecule has 1 N–H and O–H groups in total. The van der Waals surface area contributed by atoms with Crippen LogP contribution in [0.15, 0.2) is 54.7 Å². The molecule has 1 fully saturated rings. The Hall–Kier alpha value is -2.79. The van der Waals surface area contributed by atoms with Crippen LogP contribution in [0.3, 0.4) is 0 Å². The first-order valence-electron chi connectivity index (χ1n) is 9.01. The van der Waals surface area contributed by atoms with Crippen LogP contribution in [0.5, 0.6) is 0 Å². The first kappa shape index (κ1) is 16.7. The third-order valence-corrected chi connectivity index (χ3v) is 5.14. The number of anilines is 2. The monoisotopic (exact) mass is 348 g/mol. The molecular weight excluding hydrogens is 324 g/mol. The number of nitrogens with one attached hydrogen (secondary N) is 1. The molecule has 1 aromatic heterocycles. The molecule has 1 amide bonds. The molecule has 1 saturated heterocycles. The summed E-state index contributed by atoms with van der Waals surface area (Å²) in [6.45, 7) is 4.01. The fourth-order valence-corrected chi connectivity index (χ4v) is 3.61. The van der Waals surface area contributed by atoms with E-state index in [0.29, 0.717) is 5.56 Å². The minimum atomic E-state index is -0.0663. The lowest BCUT2D eigenvalue weighted by Crippen LogP contribution is -2.44. The van der Waals surface area contributed by atoms with Gasteiger partial charge in [-0.25, -0.2) is 0 Å². The lowest BCUT2D eigenvalue weighted by Gasteiger charge is -2.35. The number of carbonyl (C=O) groups is 1. The van der Waals surface area contributed by atoms with Crippen molar-refractivity contribution in [3.8, 4) is 0 Å². The lowest BCUT2D eigenvalue weighted by molar-refractivity contribution is 0.102. The van der Waals surface area contributed by atoms with Crippen molar-refractivity contribution in [3.05, 3.63) is 60.3 Å². The standard InChI is InChI=1S/C21H24N4O/c1-23-11-13-25(14-12-23)20-10-6-4-8-18(20)22-21(26)17-15-24(2)19-9-5-3-7-16(17)19/h3-10,15H,11-14H2,1-2H3,(H,22,26). The second-order valence-electron chi connectivity index (χ2n) is 6.93. The highest BCUT2D eigenvalue weighted by molar-refractivity contribution is 6.13. The number of aromatic nitrogens is 1. The second-order valence-corrected chi connectivity index (χ2v) is 6.93. The number of hydrogen-bond donors (Lipinski definition) is 1. The zero-order chi connectivity index (χ0) is 18.1. The minimum absolute atomic E-state index is 0.0663. The predicted octanol–water partition coefficient (Wildman–Crippen LogP) is 3.18. The Labute approximate surface area is 153 Å². The van der Waals surface area contributed by atoms with Crippen LogP contribution in [-0.4, -0.2) is 48.6 Å². The average molecular weight is 348 g/mol. The van der Waals surface area contributed by atoms with Gasteiger partial charge in [0.05, 0.1) is 16.9 Å². The number of aryl methyl sites for hydroxylation is 1. The highest BCUT2D eigenvalue weighted by Gasteiger charge is 2.19. The third-order valence-electron chi connectivity index (χ3n) is 5.14. The van der Waals surface area contributed by atoms with E-state index < -0.39 is 0 Å². The van der Waals surface area contributed by atoms with Gasteiger partial charge in [0.25, 0.3) is 5.91 Å². The SMILES string of the molecule is CN1CCN(c2ccccc2NC(=O)c2cn(C)c3ccccc23)CC1. The molecule has 1 aliphatic rings. The smallest absolute Gasteiger partial charge is 0.257 e. The normalized spacial score (nSPS) is 15.4. The van der Waals surface area contributed by atoms with Crippen molar-refractivity contribution in [1.82, 2.24) is 9.47 Å². The maximum absolute atomic E-state index is 13.0. The quantitative estimate of drug-likeness (QED) is 0.790. The van der Waals surface area contributed by atoms with E-state index in [4.69, 9.17) is 0 Å². The van der Waals surface area contributed by atoms with Crippen molar-refractivity contribution in [1.29, 1.82) is 0 Å². The van der Waals surface area contributed by atoms with Crippen molar-refractivity contribution < 1.29 is 4.79 Å². The van der Waals surface area contributed by atoms with Crippen molar-refractivity contribution in [2.75, 3.05) is 43.4 Å². The van der Waals surface area contributed by atoms with Crippen molar-refractivity contribution >= 4 is 28.2 Å². The number of fused-ring (bicyclic) bond motifs is 1. The molecule has 0 aliphatic carbocycles.